The molecule has 0 aliphatic heterocycles. The van der Waals surface area contributed by atoms with Crippen LogP contribution in [0.25, 0.3) is 11.4 Å². The first-order valence-corrected chi connectivity index (χ1v) is 5.75. The molecule has 1 aromatic heterocycles. The fourth-order valence-electron chi connectivity index (χ4n) is 1.65. The standard InChI is InChI=1S/C13H12F3N3/c1-3-17-11-4-7(2)18-13(19-11)8-5-9(14)12(16)10(15)6-8/h4-6H,3H2,1-2H3,(H,17,18,19). The molecule has 1 N–H and O–H groups in total. The summed E-state index contributed by atoms with van der Waals surface area (Å²) < 4.78 is 39.3. The van der Waals surface area contributed by atoms with Crippen molar-refractivity contribution in [3.63, 3.8) is 0 Å². The Kier molecular flexibility index (Phi) is 3.69. The van der Waals surface area contributed by atoms with Gasteiger partial charge in [0.15, 0.2) is 23.3 Å². The molecule has 1 aromatic carbocycles. The normalized spacial score (nSPS) is 10.6. The van der Waals surface area contributed by atoms with E-state index in [0.717, 1.165) is 12.1 Å². The van der Waals surface area contributed by atoms with Gasteiger partial charge >= 0.3 is 0 Å². The molecule has 19 heavy (non-hydrogen) atoms. The van der Waals surface area contributed by atoms with Crippen molar-refractivity contribution in [2.24, 2.45) is 0 Å². The molecule has 0 aliphatic rings. The summed E-state index contributed by atoms with van der Waals surface area (Å²) in [5.41, 5.74) is 0.741. The Balaban J connectivity index is 2.52. The van der Waals surface area contributed by atoms with E-state index in [2.05, 4.69) is 15.3 Å². The number of anilines is 1. The van der Waals surface area contributed by atoms with E-state index >= 15 is 0 Å². The Labute approximate surface area is 108 Å². The Hall–Kier alpha value is -2.11. The van der Waals surface area contributed by atoms with Gasteiger partial charge in [0.2, 0.25) is 0 Å². The van der Waals surface area contributed by atoms with Crippen molar-refractivity contribution < 1.29 is 13.2 Å². The lowest BCUT2D eigenvalue weighted by Crippen LogP contribution is -2.03. The number of hydrogen-bond donors (Lipinski definition) is 1. The molecule has 3 nitrogen and oxygen atoms in total. The van der Waals surface area contributed by atoms with Crippen LogP contribution in [0.1, 0.15) is 12.6 Å². The number of halogens is 3. The van der Waals surface area contributed by atoms with E-state index < -0.39 is 17.5 Å². The van der Waals surface area contributed by atoms with Crippen molar-refractivity contribution in [1.82, 2.24) is 9.97 Å². The third kappa shape index (κ3) is 2.83. The van der Waals surface area contributed by atoms with Gasteiger partial charge in [-0.05, 0) is 26.0 Å². The fraction of sp³-hybridized carbons (Fsp3) is 0.231. The van der Waals surface area contributed by atoms with Gasteiger partial charge in [0.05, 0.1) is 0 Å². The van der Waals surface area contributed by atoms with E-state index in [-0.39, 0.29) is 11.4 Å². The minimum absolute atomic E-state index is 0.0965. The minimum Gasteiger partial charge on any atom is -0.370 e. The van der Waals surface area contributed by atoms with Crippen molar-refractivity contribution in [3.8, 4) is 11.4 Å². The van der Waals surface area contributed by atoms with Crippen molar-refractivity contribution in [3.05, 3.63) is 41.3 Å². The van der Waals surface area contributed by atoms with Crippen molar-refractivity contribution in [1.29, 1.82) is 0 Å². The van der Waals surface area contributed by atoms with E-state index in [1.807, 2.05) is 6.92 Å². The summed E-state index contributed by atoms with van der Waals surface area (Å²) in [6.07, 6.45) is 0. The molecule has 0 unspecified atom stereocenters. The predicted octanol–water partition coefficient (Wildman–Crippen LogP) is 3.30. The van der Waals surface area contributed by atoms with Crippen LogP contribution in [-0.4, -0.2) is 16.5 Å². The third-order valence-corrected chi connectivity index (χ3v) is 2.45. The maximum Gasteiger partial charge on any atom is 0.194 e. The summed E-state index contributed by atoms with van der Waals surface area (Å²) in [7, 11) is 0. The first kappa shape index (κ1) is 13.3. The summed E-state index contributed by atoms with van der Waals surface area (Å²) in [5.74, 6) is -3.32. The summed E-state index contributed by atoms with van der Waals surface area (Å²) in [4.78, 5) is 8.22. The minimum atomic E-state index is -1.50. The lowest BCUT2D eigenvalue weighted by Gasteiger charge is -2.07. The molecule has 2 aromatic rings. The average molecular weight is 267 g/mol. The first-order chi connectivity index (χ1) is 9.01. The number of aryl methyl sites for hydroxylation is 1. The predicted molar refractivity (Wildman–Crippen MR) is 66.2 cm³/mol. The van der Waals surface area contributed by atoms with Gasteiger partial charge in [0, 0.05) is 23.9 Å². The third-order valence-electron chi connectivity index (χ3n) is 2.45. The number of benzene rings is 1. The molecule has 0 spiro atoms. The van der Waals surface area contributed by atoms with E-state index in [0.29, 0.717) is 18.1 Å². The van der Waals surface area contributed by atoms with E-state index in [9.17, 15) is 13.2 Å². The number of rotatable bonds is 3. The van der Waals surface area contributed by atoms with Crippen LogP contribution in [-0.2, 0) is 0 Å². The van der Waals surface area contributed by atoms with Crippen LogP contribution in [0.3, 0.4) is 0 Å². The maximum absolute atomic E-state index is 13.2. The van der Waals surface area contributed by atoms with Crippen molar-refractivity contribution >= 4 is 5.82 Å². The summed E-state index contributed by atoms with van der Waals surface area (Å²) in [6.45, 7) is 4.29. The van der Waals surface area contributed by atoms with Crippen LogP contribution in [0.4, 0.5) is 19.0 Å². The molecular weight excluding hydrogens is 255 g/mol. The molecule has 0 fully saturated rings. The number of aromatic nitrogens is 2. The smallest absolute Gasteiger partial charge is 0.194 e. The highest BCUT2D eigenvalue weighted by Gasteiger charge is 2.13. The molecule has 6 heteroatoms. The fourth-order valence-corrected chi connectivity index (χ4v) is 1.65. The van der Waals surface area contributed by atoms with E-state index in [4.69, 9.17) is 0 Å². The molecule has 1 heterocycles. The molecule has 0 aliphatic carbocycles. The Morgan fingerprint density at radius 3 is 2.26 bits per heavy atom. The van der Waals surface area contributed by atoms with Gasteiger partial charge in [0.25, 0.3) is 0 Å². The summed E-state index contributed by atoms with van der Waals surface area (Å²) in [5, 5.41) is 2.99. The Morgan fingerprint density at radius 1 is 1.05 bits per heavy atom. The number of nitrogens with zero attached hydrogens (tertiary/aromatic N) is 2. The molecule has 0 saturated heterocycles. The van der Waals surface area contributed by atoms with Crippen LogP contribution in [0.5, 0.6) is 0 Å². The lowest BCUT2D eigenvalue weighted by atomic mass is 10.2. The van der Waals surface area contributed by atoms with Gasteiger partial charge in [-0.3, -0.25) is 0 Å². The lowest BCUT2D eigenvalue weighted by molar-refractivity contribution is 0.447. The Morgan fingerprint density at radius 2 is 1.68 bits per heavy atom. The van der Waals surface area contributed by atoms with Gasteiger partial charge in [-0.15, -0.1) is 0 Å². The molecule has 0 amide bonds. The molecule has 0 saturated carbocycles. The zero-order valence-electron chi connectivity index (χ0n) is 10.5. The zero-order valence-corrected chi connectivity index (χ0v) is 10.5. The second-order valence-electron chi connectivity index (χ2n) is 4.00. The van der Waals surface area contributed by atoms with Crippen molar-refractivity contribution in [2.45, 2.75) is 13.8 Å². The van der Waals surface area contributed by atoms with Crippen LogP contribution in [0.15, 0.2) is 18.2 Å². The highest BCUT2D eigenvalue weighted by molar-refractivity contribution is 5.58. The van der Waals surface area contributed by atoms with Crippen LogP contribution < -0.4 is 5.32 Å². The highest BCUT2D eigenvalue weighted by Crippen LogP contribution is 2.22. The molecular formula is C13H12F3N3. The van der Waals surface area contributed by atoms with Crippen LogP contribution in [0.2, 0.25) is 0 Å². The summed E-state index contributed by atoms with van der Waals surface area (Å²) in [6, 6.07) is 3.47. The highest BCUT2D eigenvalue weighted by atomic mass is 19.2. The summed E-state index contributed by atoms with van der Waals surface area (Å²) >= 11 is 0. The number of hydrogen-bond acceptors (Lipinski definition) is 3. The van der Waals surface area contributed by atoms with Crippen molar-refractivity contribution in [2.75, 3.05) is 11.9 Å². The topological polar surface area (TPSA) is 37.8 Å². The van der Waals surface area contributed by atoms with Gasteiger partial charge in [0.1, 0.15) is 5.82 Å². The Bertz CT molecular complexity index is 591. The molecule has 100 valence electrons. The molecule has 2 rings (SSSR count). The van der Waals surface area contributed by atoms with E-state index in [1.165, 1.54) is 0 Å². The SMILES string of the molecule is CCNc1cc(C)nc(-c2cc(F)c(F)c(F)c2)n1. The molecule has 0 radical (unpaired) electrons. The maximum atomic E-state index is 13.2. The largest absolute Gasteiger partial charge is 0.370 e. The first-order valence-electron chi connectivity index (χ1n) is 5.75. The second kappa shape index (κ2) is 5.26. The average Bonchev–Trinajstić information content (AvgIpc) is 2.35. The second-order valence-corrected chi connectivity index (χ2v) is 4.00. The van der Waals surface area contributed by atoms with Gasteiger partial charge in [-0.2, -0.15) is 0 Å². The van der Waals surface area contributed by atoms with Gasteiger partial charge in [-0.25, -0.2) is 23.1 Å². The monoisotopic (exact) mass is 267 g/mol. The molecule has 0 atom stereocenters. The number of nitrogens with one attached hydrogen (secondary N) is 1. The zero-order chi connectivity index (χ0) is 14.0. The van der Waals surface area contributed by atoms with Crippen LogP contribution in [0, 0.1) is 24.4 Å². The van der Waals surface area contributed by atoms with Gasteiger partial charge in [-0.1, -0.05) is 0 Å². The van der Waals surface area contributed by atoms with Crippen LogP contribution >= 0.6 is 0 Å². The quantitative estimate of drug-likeness (QED) is 0.867. The molecule has 0 bridgehead atoms. The van der Waals surface area contributed by atoms with E-state index in [1.54, 1.807) is 13.0 Å². The van der Waals surface area contributed by atoms with Gasteiger partial charge < -0.3 is 5.32 Å².